The zero-order valence-electron chi connectivity index (χ0n) is 15.9. The van der Waals surface area contributed by atoms with Gasteiger partial charge in [-0.05, 0) is 54.1 Å². The van der Waals surface area contributed by atoms with Gasteiger partial charge in [0.15, 0.2) is 0 Å². The van der Waals surface area contributed by atoms with Crippen molar-refractivity contribution >= 4 is 46.1 Å². The van der Waals surface area contributed by atoms with E-state index in [1.165, 1.54) is 12.1 Å². The minimum atomic E-state index is -0.785. The monoisotopic (exact) mass is 438 g/mol. The quantitative estimate of drug-likeness (QED) is 0.319. The van der Waals surface area contributed by atoms with Crippen molar-refractivity contribution < 1.29 is 14.3 Å². The molecule has 1 N–H and O–H groups in total. The molecule has 2 aromatic carbocycles. The van der Waals surface area contributed by atoms with E-state index in [1.54, 1.807) is 42.0 Å². The Balaban J connectivity index is 1.76. The summed E-state index contributed by atoms with van der Waals surface area (Å²) in [7, 11) is 1.59. The Labute approximate surface area is 182 Å². The summed E-state index contributed by atoms with van der Waals surface area (Å²) in [5.41, 5.74) is 2.85. The van der Waals surface area contributed by atoms with Gasteiger partial charge >= 0.3 is 0 Å². The molecule has 0 spiro atoms. The number of hydrogen-bond acceptors (Lipinski definition) is 3. The van der Waals surface area contributed by atoms with E-state index in [9.17, 15) is 9.59 Å². The SMILES string of the molecule is COc1ccc(-c2cc3ccccn3c2C(=O)C(=O)Nc2cc(Cl)cc(Cl)c2)cc1. The number of benzene rings is 2. The van der Waals surface area contributed by atoms with Crippen LogP contribution in [0.5, 0.6) is 5.75 Å². The first kappa shape index (κ1) is 20.0. The Morgan fingerprint density at radius 1 is 0.933 bits per heavy atom. The maximum atomic E-state index is 13.2. The van der Waals surface area contributed by atoms with E-state index in [0.29, 0.717) is 27.0 Å². The van der Waals surface area contributed by atoms with Crippen LogP contribution >= 0.6 is 23.2 Å². The number of amides is 1. The third kappa shape index (κ3) is 3.90. The van der Waals surface area contributed by atoms with Crippen LogP contribution in [0, 0.1) is 0 Å². The van der Waals surface area contributed by atoms with Crippen molar-refractivity contribution in [2.75, 3.05) is 12.4 Å². The number of aromatic nitrogens is 1. The van der Waals surface area contributed by atoms with Crippen molar-refractivity contribution in [2.45, 2.75) is 0 Å². The number of ketones is 1. The summed E-state index contributed by atoms with van der Waals surface area (Å²) >= 11 is 12.0. The highest BCUT2D eigenvalue weighted by molar-refractivity contribution is 6.47. The van der Waals surface area contributed by atoms with Gasteiger partial charge in [0.05, 0.1) is 7.11 Å². The topological polar surface area (TPSA) is 59.8 Å². The van der Waals surface area contributed by atoms with Crippen molar-refractivity contribution in [3.63, 3.8) is 0 Å². The first-order chi connectivity index (χ1) is 14.5. The Kier molecular flexibility index (Phi) is 5.48. The van der Waals surface area contributed by atoms with Crippen molar-refractivity contribution in [2.24, 2.45) is 0 Å². The molecule has 4 rings (SSSR count). The Morgan fingerprint density at radius 3 is 2.30 bits per heavy atom. The third-order valence-electron chi connectivity index (χ3n) is 4.62. The average Bonchev–Trinajstić information content (AvgIpc) is 3.12. The number of nitrogens with zero attached hydrogens (tertiary/aromatic N) is 1. The van der Waals surface area contributed by atoms with Crippen LogP contribution < -0.4 is 10.1 Å². The van der Waals surface area contributed by atoms with Gasteiger partial charge in [0, 0.05) is 33.0 Å². The van der Waals surface area contributed by atoms with Crippen LogP contribution in [0.1, 0.15) is 10.5 Å². The van der Waals surface area contributed by atoms with E-state index < -0.39 is 11.7 Å². The number of carbonyl (C=O) groups excluding carboxylic acids is 2. The van der Waals surface area contributed by atoms with Crippen molar-refractivity contribution in [3.05, 3.63) is 88.7 Å². The number of Topliss-reactive ketones (excluding diaryl/α,β-unsaturated/α-hetero) is 1. The molecule has 4 aromatic rings. The zero-order chi connectivity index (χ0) is 21.3. The van der Waals surface area contributed by atoms with Crippen molar-refractivity contribution in [1.29, 1.82) is 0 Å². The van der Waals surface area contributed by atoms with Crippen LogP contribution in [0.2, 0.25) is 10.0 Å². The Hall–Kier alpha value is -3.28. The molecule has 150 valence electrons. The van der Waals surface area contributed by atoms with Crippen LogP contribution in [-0.2, 0) is 4.79 Å². The molecule has 0 radical (unpaired) electrons. The lowest BCUT2D eigenvalue weighted by Crippen LogP contribution is -2.24. The number of methoxy groups -OCH3 is 1. The highest BCUT2D eigenvalue weighted by Crippen LogP contribution is 2.30. The van der Waals surface area contributed by atoms with Gasteiger partial charge in [-0.2, -0.15) is 0 Å². The maximum Gasteiger partial charge on any atom is 0.298 e. The lowest BCUT2D eigenvalue weighted by molar-refractivity contribution is -0.112. The summed E-state index contributed by atoms with van der Waals surface area (Å²) in [5.74, 6) is -0.763. The number of nitrogens with one attached hydrogen (secondary N) is 1. The molecule has 5 nitrogen and oxygen atoms in total. The van der Waals surface area contributed by atoms with E-state index in [0.717, 1.165) is 11.1 Å². The summed E-state index contributed by atoms with van der Waals surface area (Å²) in [4.78, 5) is 26.0. The second-order valence-corrected chi connectivity index (χ2v) is 7.44. The average molecular weight is 439 g/mol. The van der Waals surface area contributed by atoms with Crippen molar-refractivity contribution in [3.8, 4) is 16.9 Å². The second-order valence-electron chi connectivity index (χ2n) is 6.57. The molecule has 0 aliphatic heterocycles. The number of pyridine rings is 1. The van der Waals surface area contributed by atoms with Crippen molar-refractivity contribution in [1.82, 2.24) is 4.40 Å². The van der Waals surface area contributed by atoms with Gasteiger partial charge in [-0.25, -0.2) is 0 Å². The number of ether oxygens (including phenoxy) is 1. The molecule has 0 bridgehead atoms. The normalized spacial score (nSPS) is 10.8. The van der Waals surface area contributed by atoms with Gasteiger partial charge in [0.25, 0.3) is 11.7 Å². The molecular formula is C23H16Cl2N2O3. The summed E-state index contributed by atoms with van der Waals surface area (Å²) < 4.78 is 6.91. The smallest absolute Gasteiger partial charge is 0.298 e. The highest BCUT2D eigenvalue weighted by atomic mass is 35.5. The lowest BCUT2D eigenvalue weighted by atomic mass is 10.0. The highest BCUT2D eigenvalue weighted by Gasteiger charge is 2.25. The third-order valence-corrected chi connectivity index (χ3v) is 5.06. The van der Waals surface area contributed by atoms with Gasteiger partial charge in [-0.3, -0.25) is 9.59 Å². The Bertz CT molecular complexity index is 1240. The molecule has 0 atom stereocenters. The first-order valence-electron chi connectivity index (χ1n) is 9.02. The van der Waals surface area contributed by atoms with Gasteiger partial charge in [0.1, 0.15) is 11.4 Å². The van der Waals surface area contributed by atoms with E-state index in [4.69, 9.17) is 27.9 Å². The van der Waals surface area contributed by atoms with Crippen LogP contribution in [0.4, 0.5) is 5.69 Å². The largest absolute Gasteiger partial charge is 0.497 e. The molecule has 0 fully saturated rings. The number of carbonyl (C=O) groups is 2. The summed E-state index contributed by atoms with van der Waals surface area (Å²) in [6, 6.07) is 19.3. The zero-order valence-corrected chi connectivity index (χ0v) is 17.4. The number of anilines is 1. The first-order valence-corrected chi connectivity index (χ1v) is 9.78. The number of halogens is 2. The molecular weight excluding hydrogens is 423 g/mol. The molecule has 2 heterocycles. The van der Waals surface area contributed by atoms with E-state index in [1.807, 2.05) is 30.3 Å². The molecule has 2 aromatic heterocycles. The molecule has 0 aliphatic carbocycles. The minimum Gasteiger partial charge on any atom is -0.497 e. The predicted molar refractivity (Wildman–Crippen MR) is 119 cm³/mol. The van der Waals surface area contributed by atoms with Gasteiger partial charge in [-0.1, -0.05) is 41.4 Å². The maximum absolute atomic E-state index is 13.2. The van der Waals surface area contributed by atoms with E-state index in [2.05, 4.69) is 5.32 Å². The fourth-order valence-corrected chi connectivity index (χ4v) is 3.79. The molecule has 0 saturated carbocycles. The molecule has 30 heavy (non-hydrogen) atoms. The number of rotatable bonds is 5. The molecule has 0 saturated heterocycles. The second kappa shape index (κ2) is 8.22. The molecule has 7 heteroatoms. The Morgan fingerprint density at radius 2 is 1.63 bits per heavy atom. The van der Waals surface area contributed by atoms with E-state index >= 15 is 0 Å². The summed E-state index contributed by atoms with van der Waals surface area (Å²) in [6.07, 6.45) is 1.75. The van der Waals surface area contributed by atoms with Gasteiger partial charge in [0.2, 0.25) is 0 Å². The molecule has 1 amide bonds. The summed E-state index contributed by atoms with van der Waals surface area (Å²) in [5, 5.41) is 3.30. The standard InChI is InChI=1S/C23H16Cl2N2O3/c1-30-19-7-5-14(6-8-19)20-13-18-4-2-3-9-27(18)21(20)22(28)23(29)26-17-11-15(24)10-16(25)12-17/h2-13H,1H3,(H,26,29). The van der Waals surface area contributed by atoms with E-state index in [-0.39, 0.29) is 5.69 Å². The fraction of sp³-hybridized carbons (Fsp3) is 0.0435. The predicted octanol–water partition coefficient (Wildman–Crippen LogP) is 5.74. The molecule has 0 aliphatic rings. The number of hydrogen-bond donors (Lipinski definition) is 1. The van der Waals surface area contributed by atoms with Gasteiger partial charge in [-0.15, -0.1) is 0 Å². The van der Waals surface area contributed by atoms with Gasteiger partial charge < -0.3 is 14.5 Å². The summed E-state index contributed by atoms with van der Waals surface area (Å²) in [6.45, 7) is 0. The lowest BCUT2D eigenvalue weighted by Gasteiger charge is -2.09. The van der Waals surface area contributed by atoms with Crippen LogP contribution in [0.25, 0.3) is 16.6 Å². The minimum absolute atomic E-state index is 0.265. The van der Waals surface area contributed by atoms with Crippen LogP contribution in [-0.4, -0.2) is 23.2 Å². The molecule has 0 unspecified atom stereocenters. The fourth-order valence-electron chi connectivity index (χ4n) is 3.27. The number of fused-ring (bicyclic) bond motifs is 1. The van der Waals surface area contributed by atoms with Crippen LogP contribution in [0.15, 0.2) is 72.9 Å². The van der Waals surface area contributed by atoms with Crippen LogP contribution in [0.3, 0.4) is 0 Å².